The molecule has 0 spiro atoms. The van der Waals surface area contributed by atoms with Gasteiger partial charge in [0.05, 0.1) is 0 Å². The summed E-state index contributed by atoms with van der Waals surface area (Å²) >= 11 is 0. The largest absolute Gasteiger partial charge is 0.399 e. The molecule has 0 unspecified atom stereocenters. The maximum atomic E-state index is 13.0. The number of hydrogen-bond donors (Lipinski definition) is 1. The number of benzene rings is 2. The number of nitrogens with zero attached hydrogens (tertiary/aromatic N) is 1. The Balaban J connectivity index is 1.81. The Labute approximate surface area is 123 Å². The van der Waals surface area contributed by atoms with Crippen molar-refractivity contribution < 1.29 is 9.18 Å². The first-order valence-electron chi connectivity index (χ1n) is 7.04. The van der Waals surface area contributed by atoms with Gasteiger partial charge in [0, 0.05) is 23.8 Å². The molecule has 0 aromatic heterocycles. The van der Waals surface area contributed by atoms with Crippen molar-refractivity contribution in [3.63, 3.8) is 0 Å². The highest BCUT2D eigenvalue weighted by Crippen LogP contribution is 2.30. The molecule has 2 N–H and O–H groups in total. The summed E-state index contributed by atoms with van der Waals surface area (Å²) in [5.41, 5.74) is 8.01. The van der Waals surface area contributed by atoms with Crippen LogP contribution in [0.1, 0.15) is 28.8 Å². The molecular weight excluding hydrogens is 267 g/mol. The lowest BCUT2D eigenvalue weighted by molar-refractivity contribution is 0.0730. The Hall–Kier alpha value is -2.36. The molecule has 1 aliphatic rings. The molecule has 0 heterocycles. The summed E-state index contributed by atoms with van der Waals surface area (Å²) in [6, 6.07) is 13.5. The van der Waals surface area contributed by atoms with E-state index in [0.717, 1.165) is 18.4 Å². The van der Waals surface area contributed by atoms with E-state index < -0.39 is 0 Å². The molecule has 4 heteroatoms. The summed E-state index contributed by atoms with van der Waals surface area (Å²) in [5, 5.41) is 0. The Bertz CT molecular complexity index is 650. The van der Waals surface area contributed by atoms with Gasteiger partial charge in [0.2, 0.25) is 0 Å². The van der Waals surface area contributed by atoms with Crippen molar-refractivity contribution in [2.24, 2.45) is 0 Å². The van der Waals surface area contributed by atoms with Crippen LogP contribution in [-0.2, 0) is 6.54 Å². The van der Waals surface area contributed by atoms with Crippen molar-refractivity contribution in [3.8, 4) is 0 Å². The molecule has 108 valence electrons. The zero-order valence-electron chi connectivity index (χ0n) is 11.6. The molecule has 1 fully saturated rings. The van der Waals surface area contributed by atoms with Crippen molar-refractivity contribution in [2.45, 2.75) is 25.4 Å². The summed E-state index contributed by atoms with van der Waals surface area (Å²) in [7, 11) is 0. The quantitative estimate of drug-likeness (QED) is 0.876. The van der Waals surface area contributed by atoms with Crippen LogP contribution in [0.5, 0.6) is 0 Å². The third-order valence-electron chi connectivity index (χ3n) is 3.64. The number of rotatable bonds is 4. The summed E-state index contributed by atoms with van der Waals surface area (Å²) in [6.07, 6.45) is 2.05. The normalized spacial score (nSPS) is 14.0. The number of carbonyl (C=O) groups is 1. The minimum Gasteiger partial charge on any atom is -0.399 e. The Kier molecular flexibility index (Phi) is 3.60. The highest BCUT2D eigenvalue weighted by molar-refractivity contribution is 5.94. The SMILES string of the molecule is Nc1cccc(CN(C(=O)c2ccc(F)cc2)C2CC2)c1. The van der Waals surface area contributed by atoms with Gasteiger partial charge in [-0.2, -0.15) is 0 Å². The molecule has 0 bridgehead atoms. The van der Waals surface area contributed by atoms with Crippen molar-refractivity contribution in [1.82, 2.24) is 4.90 Å². The van der Waals surface area contributed by atoms with Crippen LogP contribution in [0.15, 0.2) is 48.5 Å². The van der Waals surface area contributed by atoms with Gasteiger partial charge < -0.3 is 10.6 Å². The first-order valence-corrected chi connectivity index (χ1v) is 7.04. The first kappa shape index (κ1) is 13.6. The van der Waals surface area contributed by atoms with E-state index in [0.29, 0.717) is 17.8 Å². The summed E-state index contributed by atoms with van der Waals surface area (Å²) in [4.78, 5) is 14.4. The maximum absolute atomic E-state index is 13.0. The second-order valence-electron chi connectivity index (χ2n) is 5.42. The predicted octanol–water partition coefficient (Wildman–Crippen LogP) is 3.21. The topological polar surface area (TPSA) is 46.3 Å². The molecule has 1 aliphatic carbocycles. The molecule has 2 aromatic carbocycles. The van der Waals surface area contributed by atoms with Crippen LogP contribution in [0.25, 0.3) is 0 Å². The fourth-order valence-corrected chi connectivity index (χ4v) is 2.40. The second kappa shape index (κ2) is 5.56. The van der Waals surface area contributed by atoms with Crippen LogP contribution in [0.2, 0.25) is 0 Å². The van der Waals surface area contributed by atoms with Crippen molar-refractivity contribution >= 4 is 11.6 Å². The van der Waals surface area contributed by atoms with E-state index >= 15 is 0 Å². The Morgan fingerprint density at radius 3 is 2.52 bits per heavy atom. The van der Waals surface area contributed by atoms with E-state index in [1.807, 2.05) is 29.2 Å². The molecule has 1 saturated carbocycles. The fourth-order valence-electron chi connectivity index (χ4n) is 2.40. The molecule has 1 amide bonds. The molecule has 3 nitrogen and oxygen atoms in total. The van der Waals surface area contributed by atoms with Gasteiger partial charge in [0.25, 0.3) is 5.91 Å². The van der Waals surface area contributed by atoms with E-state index in [4.69, 9.17) is 5.73 Å². The molecule has 2 aromatic rings. The highest BCUT2D eigenvalue weighted by atomic mass is 19.1. The third kappa shape index (κ3) is 3.21. The molecule has 0 radical (unpaired) electrons. The van der Waals surface area contributed by atoms with Crippen LogP contribution < -0.4 is 5.73 Å². The van der Waals surface area contributed by atoms with Crippen LogP contribution in [0.3, 0.4) is 0 Å². The van der Waals surface area contributed by atoms with Gasteiger partial charge in [-0.05, 0) is 54.8 Å². The van der Waals surface area contributed by atoms with Gasteiger partial charge in [-0.25, -0.2) is 4.39 Å². The number of nitrogen functional groups attached to an aromatic ring is 1. The number of halogens is 1. The smallest absolute Gasteiger partial charge is 0.254 e. The van der Waals surface area contributed by atoms with E-state index in [2.05, 4.69) is 0 Å². The van der Waals surface area contributed by atoms with Crippen LogP contribution in [-0.4, -0.2) is 16.8 Å². The maximum Gasteiger partial charge on any atom is 0.254 e. The summed E-state index contributed by atoms with van der Waals surface area (Å²) in [6.45, 7) is 0.534. The van der Waals surface area contributed by atoms with Gasteiger partial charge in [-0.3, -0.25) is 4.79 Å². The van der Waals surface area contributed by atoms with Crippen molar-refractivity contribution in [2.75, 3.05) is 5.73 Å². The third-order valence-corrected chi connectivity index (χ3v) is 3.64. The fraction of sp³-hybridized carbons (Fsp3) is 0.235. The van der Waals surface area contributed by atoms with Crippen LogP contribution in [0, 0.1) is 5.82 Å². The highest BCUT2D eigenvalue weighted by Gasteiger charge is 2.33. The lowest BCUT2D eigenvalue weighted by Gasteiger charge is -2.23. The minimum absolute atomic E-state index is 0.0556. The van der Waals surface area contributed by atoms with Crippen LogP contribution >= 0.6 is 0 Å². The van der Waals surface area contributed by atoms with E-state index in [-0.39, 0.29) is 17.8 Å². The standard InChI is InChI=1S/C17H17FN2O/c18-14-6-4-13(5-7-14)17(21)20(16-8-9-16)11-12-2-1-3-15(19)10-12/h1-7,10,16H,8-9,11,19H2. The lowest BCUT2D eigenvalue weighted by atomic mass is 10.1. The zero-order chi connectivity index (χ0) is 14.8. The molecule has 0 atom stereocenters. The van der Waals surface area contributed by atoms with Crippen LogP contribution in [0.4, 0.5) is 10.1 Å². The van der Waals surface area contributed by atoms with Gasteiger partial charge in [-0.1, -0.05) is 12.1 Å². The van der Waals surface area contributed by atoms with Gasteiger partial charge in [-0.15, -0.1) is 0 Å². The minimum atomic E-state index is -0.333. The summed E-state index contributed by atoms with van der Waals surface area (Å²) < 4.78 is 13.0. The van der Waals surface area contributed by atoms with E-state index in [1.165, 1.54) is 24.3 Å². The number of carbonyl (C=O) groups excluding carboxylic acids is 1. The first-order chi connectivity index (χ1) is 10.1. The van der Waals surface area contributed by atoms with Crippen molar-refractivity contribution in [1.29, 1.82) is 0 Å². The predicted molar refractivity (Wildman–Crippen MR) is 80.1 cm³/mol. The number of nitrogens with two attached hydrogens (primary N) is 1. The number of hydrogen-bond acceptors (Lipinski definition) is 2. The monoisotopic (exact) mass is 284 g/mol. The zero-order valence-corrected chi connectivity index (χ0v) is 11.6. The molecule has 21 heavy (non-hydrogen) atoms. The Morgan fingerprint density at radius 1 is 1.19 bits per heavy atom. The lowest BCUT2D eigenvalue weighted by Crippen LogP contribution is -2.32. The van der Waals surface area contributed by atoms with E-state index in [1.54, 1.807) is 0 Å². The Morgan fingerprint density at radius 2 is 1.90 bits per heavy atom. The molecular formula is C17H17FN2O. The molecule has 0 aliphatic heterocycles. The summed E-state index contributed by atoms with van der Waals surface area (Å²) in [5.74, 6) is -0.389. The van der Waals surface area contributed by atoms with E-state index in [9.17, 15) is 9.18 Å². The number of amides is 1. The van der Waals surface area contributed by atoms with Crippen molar-refractivity contribution in [3.05, 3.63) is 65.5 Å². The van der Waals surface area contributed by atoms with Gasteiger partial charge >= 0.3 is 0 Å². The number of anilines is 1. The van der Waals surface area contributed by atoms with Gasteiger partial charge in [0.1, 0.15) is 5.82 Å². The average Bonchev–Trinajstić information content (AvgIpc) is 3.29. The molecule has 0 saturated heterocycles. The second-order valence-corrected chi connectivity index (χ2v) is 5.42. The molecule has 3 rings (SSSR count). The average molecular weight is 284 g/mol. The van der Waals surface area contributed by atoms with Gasteiger partial charge in [0.15, 0.2) is 0 Å².